The number of rotatable bonds is 4. The highest BCUT2D eigenvalue weighted by Crippen LogP contribution is 2.33. The highest BCUT2D eigenvalue weighted by molar-refractivity contribution is 7.80. The number of carbonyl (C=O) groups is 1. The summed E-state index contributed by atoms with van der Waals surface area (Å²) < 4.78 is 0. The third-order valence-electron chi connectivity index (χ3n) is 4.49. The third kappa shape index (κ3) is 4.55. The second kappa shape index (κ2) is 8.18. The van der Waals surface area contributed by atoms with E-state index in [9.17, 15) is 14.9 Å². The van der Waals surface area contributed by atoms with Crippen molar-refractivity contribution in [3.8, 4) is 0 Å². The molecule has 1 aliphatic rings. The van der Waals surface area contributed by atoms with Crippen LogP contribution in [0.3, 0.4) is 0 Å². The number of amides is 1. The number of carbonyl (C=O) groups excluding carboxylic acids is 1. The first-order chi connectivity index (χ1) is 13.7. The predicted octanol–water partition coefficient (Wildman–Crippen LogP) is 4.30. The molecule has 0 spiro atoms. The lowest BCUT2D eigenvalue weighted by Gasteiger charge is -2.30. The predicted molar refractivity (Wildman–Crippen MR) is 117 cm³/mol. The van der Waals surface area contributed by atoms with Crippen LogP contribution in [0.2, 0.25) is 5.02 Å². The fourth-order valence-corrected chi connectivity index (χ4v) is 3.80. The van der Waals surface area contributed by atoms with Crippen LogP contribution in [0.1, 0.15) is 29.7 Å². The number of aryl methyl sites for hydroxylation is 2. The number of nitrogens with one attached hydrogen (secondary N) is 3. The molecular formula is C20H19ClN4O3S. The zero-order valence-corrected chi connectivity index (χ0v) is 17.6. The van der Waals surface area contributed by atoms with E-state index in [1.54, 1.807) is 13.0 Å². The maximum atomic E-state index is 13.1. The summed E-state index contributed by atoms with van der Waals surface area (Å²) >= 11 is 11.2. The fourth-order valence-electron chi connectivity index (χ4n) is 3.34. The Morgan fingerprint density at radius 3 is 2.45 bits per heavy atom. The Morgan fingerprint density at radius 2 is 1.83 bits per heavy atom. The van der Waals surface area contributed by atoms with Crippen molar-refractivity contribution in [3.63, 3.8) is 0 Å². The van der Waals surface area contributed by atoms with Crippen molar-refractivity contribution >= 4 is 46.2 Å². The molecule has 0 radical (unpaired) electrons. The Kier molecular flexibility index (Phi) is 5.86. The van der Waals surface area contributed by atoms with Gasteiger partial charge in [0.15, 0.2) is 5.11 Å². The summed E-state index contributed by atoms with van der Waals surface area (Å²) in [5.74, 6) is -0.336. The van der Waals surface area contributed by atoms with Crippen LogP contribution in [0.25, 0.3) is 0 Å². The van der Waals surface area contributed by atoms with Crippen molar-refractivity contribution in [1.82, 2.24) is 10.6 Å². The standard InChI is InChI=1S/C20H19ClN4O3S/c1-10-6-11(2)8-14(7-10)23-19(26)17-12(3)22-20(29)24-18(17)13-4-5-15(21)16(9-13)25(27)28/h4-9,18H,1-3H3,(H,23,26)(H2,22,24,29)/t18-/m0/s1. The minimum Gasteiger partial charge on any atom is -0.351 e. The van der Waals surface area contributed by atoms with Gasteiger partial charge >= 0.3 is 0 Å². The van der Waals surface area contributed by atoms with E-state index in [0.29, 0.717) is 27.6 Å². The maximum absolute atomic E-state index is 13.1. The lowest BCUT2D eigenvalue weighted by molar-refractivity contribution is -0.384. The first-order valence-electron chi connectivity index (χ1n) is 8.77. The van der Waals surface area contributed by atoms with Crippen molar-refractivity contribution in [1.29, 1.82) is 0 Å². The van der Waals surface area contributed by atoms with E-state index in [0.717, 1.165) is 11.1 Å². The average molecular weight is 431 g/mol. The van der Waals surface area contributed by atoms with Crippen LogP contribution in [0.5, 0.6) is 0 Å². The summed E-state index contributed by atoms with van der Waals surface area (Å²) in [6, 6.07) is 9.53. The fraction of sp³-hybridized carbons (Fsp3) is 0.200. The summed E-state index contributed by atoms with van der Waals surface area (Å²) in [6.45, 7) is 5.64. The zero-order chi connectivity index (χ0) is 21.3. The van der Waals surface area contributed by atoms with Crippen LogP contribution in [0.4, 0.5) is 11.4 Å². The molecule has 9 heteroatoms. The Bertz CT molecular complexity index is 1050. The number of hydrogen-bond donors (Lipinski definition) is 3. The van der Waals surface area contributed by atoms with Gasteiger partial charge in [0.05, 0.1) is 16.5 Å². The summed E-state index contributed by atoms with van der Waals surface area (Å²) in [6.07, 6.45) is 0. The molecule has 3 N–H and O–H groups in total. The van der Waals surface area contributed by atoms with E-state index in [4.69, 9.17) is 23.8 Å². The van der Waals surface area contributed by atoms with Gasteiger partial charge in [-0.2, -0.15) is 0 Å². The third-order valence-corrected chi connectivity index (χ3v) is 5.03. The minimum atomic E-state index is -0.661. The molecule has 0 bridgehead atoms. The Morgan fingerprint density at radius 1 is 1.17 bits per heavy atom. The van der Waals surface area contributed by atoms with E-state index in [1.807, 2.05) is 32.0 Å². The van der Waals surface area contributed by atoms with E-state index in [-0.39, 0.29) is 16.6 Å². The molecule has 29 heavy (non-hydrogen) atoms. The van der Waals surface area contributed by atoms with Crippen molar-refractivity contribution in [3.05, 3.63) is 79.5 Å². The SMILES string of the molecule is CC1=C(C(=O)Nc2cc(C)cc(C)c2)[C@H](c2ccc(Cl)c([N+](=O)[O-])c2)NC(=S)N1. The average Bonchev–Trinajstić information content (AvgIpc) is 2.60. The lowest BCUT2D eigenvalue weighted by Crippen LogP contribution is -2.45. The Labute approximate surface area is 178 Å². The van der Waals surface area contributed by atoms with Crippen LogP contribution in [-0.4, -0.2) is 15.9 Å². The van der Waals surface area contributed by atoms with E-state index in [2.05, 4.69) is 16.0 Å². The van der Waals surface area contributed by atoms with Crippen LogP contribution < -0.4 is 16.0 Å². The van der Waals surface area contributed by atoms with Crippen LogP contribution in [-0.2, 0) is 4.79 Å². The van der Waals surface area contributed by atoms with Gasteiger partial charge in [0.1, 0.15) is 5.02 Å². The van der Waals surface area contributed by atoms with Crippen LogP contribution >= 0.6 is 23.8 Å². The molecule has 1 atom stereocenters. The van der Waals surface area contributed by atoms with Gasteiger partial charge in [-0.15, -0.1) is 0 Å². The molecule has 0 aromatic heterocycles. The molecule has 1 aliphatic heterocycles. The molecule has 2 aromatic rings. The summed E-state index contributed by atoms with van der Waals surface area (Å²) in [7, 11) is 0. The van der Waals surface area contributed by atoms with Gasteiger partial charge in [0.2, 0.25) is 0 Å². The van der Waals surface area contributed by atoms with Crippen molar-refractivity contribution in [2.24, 2.45) is 0 Å². The van der Waals surface area contributed by atoms with Gasteiger partial charge in [-0.25, -0.2) is 0 Å². The number of allylic oxidation sites excluding steroid dienone is 1. The molecule has 0 fully saturated rings. The van der Waals surface area contributed by atoms with Gasteiger partial charge in [0, 0.05) is 17.5 Å². The second-order valence-corrected chi connectivity index (χ2v) is 7.68. The molecule has 7 nitrogen and oxygen atoms in total. The number of nitrogens with zero attached hydrogens (tertiary/aromatic N) is 1. The number of thiocarbonyl (C=S) groups is 1. The molecule has 3 rings (SSSR count). The van der Waals surface area contributed by atoms with Crippen LogP contribution in [0, 0.1) is 24.0 Å². The van der Waals surface area contributed by atoms with Gasteiger partial charge < -0.3 is 16.0 Å². The van der Waals surface area contributed by atoms with Crippen molar-refractivity contribution in [2.45, 2.75) is 26.8 Å². The highest BCUT2D eigenvalue weighted by Gasteiger charge is 2.31. The van der Waals surface area contributed by atoms with E-state index < -0.39 is 11.0 Å². The molecule has 1 amide bonds. The maximum Gasteiger partial charge on any atom is 0.288 e. The summed E-state index contributed by atoms with van der Waals surface area (Å²) in [4.78, 5) is 23.8. The van der Waals surface area contributed by atoms with Gasteiger partial charge in [-0.1, -0.05) is 23.7 Å². The summed E-state index contributed by atoms with van der Waals surface area (Å²) in [5, 5.41) is 20.5. The number of anilines is 1. The second-order valence-electron chi connectivity index (χ2n) is 6.87. The molecule has 1 heterocycles. The highest BCUT2D eigenvalue weighted by atomic mass is 35.5. The number of hydrogen-bond acceptors (Lipinski definition) is 4. The van der Waals surface area contributed by atoms with Gasteiger partial charge in [0.25, 0.3) is 11.6 Å². The van der Waals surface area contributed by atoms with Crippen molar-refractivity contribution < 1.29 is 9.72 Å². The largest absolute Gasteiger partial charge is 0.351 e. The van der Waals surface area contributed by atoms with Gasteiger partial charge in [-0.05, 0) is 67.9 Å². The Hall–Kier alpha value is -2.97. The number of nitro groups is 1. The molecule has 0 saturated heterocycles. The first kappa shape index (κ1) is 20.8. The molecule has 0 aliphatic carbocycles. The van der Waals surface area contributed by atoms with Crippen molar-refractivity contribution in [2.75, 3.05) is 5.32 Å². The minimum absolute atomic E-state index is 0.0252. The molecular weight excluding hydrogens is 412 g/mol. The number of halogens is 1. The van der Waals surface area contributed by atoms with Crippen LogP contribution in [0.15, 0.2) is 47.7 Å². The molecule has 2 aromatic carbocycles. The van der Waals surface area contributed by atoms with E-state index in [1.165, 1.54) is 12.1 Å². The van der Waals surface area contributed by atoms with Gasteiger partial charge in [-0.3, -0.25) is 14.9 Å². The lowest BCUT2D eigenvalue weighted by atomic mass is 9.94. The monoisotopic (exact) mass is 430 g/mol. The normalized spacial score (nSPS) is 16.1. The smallest absolute Gasteiger partial charge is 0.288 e. The molecule has 0 saturated carbocycles. The number of benzene rings is 2. The topological polar surface area (TPSA) is 96.3 Å². The molecule has 150 valence electrons. The molecule has 0 unspecified atom stereocenters. The van der Waals surface area contributed by atoms with E-state index >= 15 is 0 Å². The Balaban J connectivity index is 2.01. The quantitative estimate of drug-likeness (QED) is 0.380. The summed E-state index contributed by atoms with van der Waals surface area (Å²) in [5.41, 5.74) is 3.94. The first-order valence-corrected chi connectivity index (χ1v) is 9.56. The number of nitro benzene ring substituents is 1. The zero-order valence-electron chi connectivity index (χ0n) is 16.0.